The Balaban J connectivity index is 2.49. The van der Waals surface area contributed by atoms with E-state index in [1.54, 1.807) is 0 Å². The first kappa shape index (κ1) is 13.4. The summed E-state index contributed by atoms with van der Waals surface area (Å²) in [5.74, 6) is 0.0746. The van der Waals surface area contributed by atoms with E-state index >= 15 is 0 Å². The second kappa shape index (κ2) is 4.90. The molecule has 1 aromatic carbocycles. The third kappa shape index (κ3) is 2.38. The molecule has 1 amide bonds. The van der Waals surface area contributed by atoms with E-state index in [1.165, 1.54) is 0 Å². The van der Waals surface area contributed by atoms with E-state index in [9.17, 15) is 4.79 Å². The van der Waals surface area contributed by atoms with E-state index in [-0.39, 0.29) is 17.5 Å². The van der Waals surface area contributed by atoms with Crippen LogP contribution in [0.15, 0.2) is 24.3 Å². The SMILES string of the molecule is CC1NCCC(C)(C)N(c2ccccc2Cl)C1=O. The maximum atomic E-state index is 12.5. The number of nitrogens with zero attached hydrogens (tertiary/aromatic N) is 1. The van der Waals surface area contributed by atoms with Crippen molar-refractivity contribution >= 4 is 23.2 Å². The number of hydrogen-bond donors (Lipinski definition) is 1. The van der Waals surface area contributed by atoms with Gasteiger partial charge in [-0.1, -0.05) is 23.7 Å². The van der Waals surface area contributed by atoms with Gasteiger partial charge in [0.15, 0.2) is 0 Å². The van der Waals surface area contributed by atoms with Crippen LogP contribution in [0.5, 0.6) is 0 Å². The minimum atomic E-state index is -0.236. The molecule has 0 bridgehead atoms. The van der Waals surface area contributed by atoms with Gasteiger partial charge in [0.1, 0.15) is 0 Å². The fourth-order valence-electron chi connectivity index (χ4n) is 2.36. The van der Waals surface area contributed by atoms with Crippen molar-refractivity contribution < 1.29 is 4.79 Å². The highest BCUT2D eigenvalue weighted by Crippen LogP contribution is 2.34. The molecule has 0 radical (unpaired) electrons. The number of carbonyl (C=O) groups is 1. The van der Waals surface area contributed by atoms with Gasteiger partial charge < -0.3 is 10.2 Å². The van der Waals surface area contributed by atoms with E-state index < -0.39 is 0 Å². The smallest absolute Gasteiger partial charge is 0.244 e. The molecule has 1 unspecified atom stereocenters. The summed E-state index contributed by atoms with van der Waals surface area (Å²) in [5.41, 5.74) is 0.560. The summed E-state index contributed by atoms with van der Waals surface area (Å²) in [6.45, 7) is 6.89. The van der Waals surface area contributed by atoms with Crippen molar-refractivity contribution in [1.29, 1.82) is 0 Å². The van der Waals surface area contributed by atoms with Gasteiger partial charge in [-0.3, -0.25) is 4.79 Å². The Labute approximate surface area is 113 Å². The Kier molecular flexibility index (Phi) is 3.64. The first-order chi connectivity index (χ1) is 8.43. The number of anilines is 1. The molecule has 1 fully saturated rings. The summed E-state index contributed by atoms with van der Waals surface area (Å²) in [6.07, 6.45) is 0.897. The van der Waals surface area contributed by atoms with Crippen molar-refractivity contribution in [2.24, 2.45) is 0 Å². The summed E-state index contributed by atoms with van der Waals surface area (Å²) < 4.78 is 0. The summed E-state index contributed by atoms with van der Waals surface area (Å²) >= 11 is 6.24. The molecule has 98 valence electrons. The standard InChI is InChI=1S/C14H19ClN2O/c1-10-13(18)17(14(2,3)8-9-16-10)12-7-5-4-6-11(12)15/h4-7,10,16H,8-9H2,1-3H3. The third-order valence-corrected chi connectivity index (χ3v) is 3.80. The molecular weight excluding hydrogens is 248 g/mol. The van der Waals surface area contributed by atoms with Crippen LogP contribution in [0.25, 0.3) is 0 Å². The van der Waals surface area contributed by atoms with Crippen LogP contribution in [0.2, 0.25) is 5.02 Å². The van der Waals surface area contributed by atoms with Crippen molar-refractivity contribution in [3.8, 4) is 0 Å². The largest absolute Gasteiger partial charge is 0.306 e. The number of amides is 1. The summed E-state index contributed by atoms with van der Waals surface area (Å²) in [4.78, 5) is 14.4. The zero-order valence-electron chi connectivity index (χ0n) is 11.0. The normalized spacial score (nSPS) is 23.9. The topological polar surface area (TPSA) is 32.3 Å². The third-order valence-electron chi connectivity index (χ3n) is 3.48. The molecule has 18 heavy (non-hydrogen) atoms. The van der Waals surface area contributed by atoms with Gasteiger partial charge in [-0.2, -0.15) is 0 Å². The molecule has 1 N–H and O–H groups in total. The van der Waals surface area contributed by atoms with Gasteiger partial charge in [0.25, 0.3) is 0 Å². The molecule has 2 rings (SSSR count). The molecule has 4 heteroatoms. The zero-order valence-corrected chi connectivity index (χ0v) is 11.8. The van der Waals surface area contributed by atoms with Crippen LogP contribution < -0.4 is 10.2 Å². The highest BCUT2D eigenvalue weighted by Gasteiger charge is 2.37. The van der Waals surface area contributed by atoms with Crippen LogP contribution in [-0.4, -0.2) is 24.0 Å². The fourth-order valence-corrected chi connectivity index (χ4v) is 2.58. The summed E-state index contributed by atoms with van der Waals surface area (Å²) in [6, 6.07) is 7.34. The lowest BCUT2D eigenvalue weighted by Crippen LogP contribution is -2.50. The lowest BCUT2D eigenvalue weighted by molar-refractivity contribution is -0.120. The number of para-hydroxylation sites is 1. The van der Waals surface area contributed by atoms with Crippen molar-refractivity contribution in [3.05, 3.63) is 29.3 Å². The second-order valence-electron chi connectivity index (χ2n) is 5.36. The van der Waals surface area contributed by atoms with Crippen molar-refractivity contribution in [3.63, 3.8) is 0 Å². The monoisotopic (exact) mass is 266 g/mol. The predicted octanol–water partition coefficient (Wildman–Crippen LogP) is 2.83. The van der Waals surface area contributed by atoms with Crippen molar-refractivity contribution in [2.45, 2.75) is 38.8 Å². The highest BCUT2D eigenvalue weighted by molar-refractivity contribution is 6.33. The summed E-state index contributed by atoms with van der Waals surface area (Å²) in [7, 11) is 0. The lowest BCUT2D eigenvalue weighted by atomic mass is 9.97. The van der Waals surface area contributed by atoms with Gasteiger partial charge in [-0.05, 0) is 45.9 Å². The number of rotatable bonds is 1. The molecule has 1 aliphatic rings. The maximum Gasteiger partial charge on any atom is 0.244 e. The van der Waals surface area contributed by atoms with Gasteiger partial charge in [-0.25, -0.2) is 0 Å². The van der Waals surface area contributed by atoms with Gasteiger partial charge in [0.2, 0.25) is 5.91 Å². The molecule has 0 saturated carbocycles. The van der Waals surface area contributed by atoms with E-state index in [0.717, 1.165) is 18.7 Å². The Hall–Kier alpha value is -1.06. The van der Waals surface area contributed by atoms with Crippen LogP contribution >= 0.6 is 11.6 Å². The van der Waals surface area contributed by atoms with Gasteiger partial charge >= 0.3 is 0 Å². The van der Waals surface area contributed by atoms with Crippen molar-refractivity contribution in [1.82, 2.24) is 5.32 Å². The number of benzene rings is 1. The van der Waals surface area contributed by atoms with Crippen LogP contribution in [-0.2, 0) is 4.79 Å². The first-order valence-electron chi connectivity index (χ1n) is 6.25. The maximum absolute atomic E-state index is 12.5. The molecule has 0 spiro atoms. The van der Waals surface area contributed by atoms with Crippen LogP contribution in [0.1, 0.15) is 27.2 Å². The Morgan fingerprint density at radius 2 is 2.06 bits per heavy atom. The highest BCUT2D eigenvalue weighted by atomic mass is 35.5. The molecule has 1 atom stereocenters. The Bertz CT molecular complexity index is 459. The first-order valence-corrected chi connectivity index (χ1v) is 6.63. The second-order valence-corrected chi connectivity index (χ2v) is 5.77. The molecule has 1 saturated heterocycles. The number of carbonyl (C=O) groups excluding carboxylic acids is 1. The molecule has 0 aliphatic carbocycles. The van der Waals surface area contributed by atoms with E-state index in [4.69, 9.17) is 11.6 Å². The predicted molar refractivity (Wildman–Crippen MR) is 75.1 cm³/mol. The Morgan fingerprint density at radius 3 is 2.72 bits per heavy atom. The molecule has 3 nitrogen and oxygen atoms in total. The number of halogens is 1. The zero-order chi connectivity index (χ0) is 13.3. The molecular formula is C14H19ClN2O. The quantitative estimate of drug-likeness (QED) is 0.848. The molecule has 1 heterocycles. The minimum Gasteiger partial charge on any atom is -0.306 e. The summed E-state index contributed by atoms with van der Waals surface area (Å²) in [5, 5.41) is 3.85. The van der Waals surface area contributed by atoms with E-state index in [1.807, 2.05) is 36.1 Å². The average Bonchev–Trinajstić information content (AvgIpc) is 2.39. The van der Waals surface area contributed by atoms with Crippen LogP contribution in [0, 0.1) is 0 Å². The van der Waals surface area contributed by atoms with Crippen molar-refractivity contribution in [2.75, 3.05) is 11.4 Å². The molecule has 1 aliphatic heterocycles. The van der Waals surface area contributed by atoms with Gasteiger partial charge in [-0.15, -0.1) is 0 Å². The van der Waals surface area contributed by atoms with E-state index in [0.29, 0.717) is 5.02 Å². The minimum absolute atomic E-state index is 0.0746. The average molecular weight is 267 g/mol. The van der Waals surface area contributed by atoms with Crippen LogP contribution in [0.3, 0.4) is 0 Å². The van der Waals surface area contributed by atoms with Gasteiger partial charge in [0.05, 0.1) is 16.8 Å². The number of nitrogens with one attached hydrogen (secondary N) is 1. The van der Waals surface area contributed by atoms with Gasteiger partial charge in [0, 0.05) is 5.54 Å². The Morgan fingerprint density at radius 1 is 1.39 bits per heavy atom. The fraction of sp³-hybridized carbons (Fsp3) is 0.500. The van der Waals surface area contributed by atoms with Crippen LogP contribution in [0.4, 0.5) is 5.69 Å². The molecule has 1 aromatic rings. The number of hydrogen-bond acceptors (Lipinski definition) is 2. The van der Waals surface area contributed by atoms with E-state index in [2.05, 4.69) is 19.2 Å². The molecule has 0 aromatic heterocycles. The lowest BCUT2D eigenvalue weighted by Gasteiger charge is -2.38.